The minimum atomic E-state index is -4.30. The Hall–Kier alpha value is -5.21. The van der Waals surface area contributed by atoms with E-state index in [9.17, 15) is 17.6 Å². The minimum Gasteiger partial charge on any atom is -0.375 e. The zero-order valence-corrected chi connectivity index (χ0v) is 27.9. The van der Waals surface area contributed by atoms with Gasteiger partial charge in [0.2, 0.25) is 0 Å². The maximum atomic E-state index is 15.5. The largest absolute Gasteiger partial charge is 0.375 e. The zero-order chi connectivity index (χ0) is 34.3. The van der Waals surface area contributed by atoms with E-state index in [-0.39, 0.29) is 50.9 Å². The van der Waals surface area contributed by atoms with Gasteiger partial charge >= 0.3 is 0 Å². The number of aryl methyl sites for hydroxylation is 1. The number of carbonyl (C=O) groups is 1. The van der Waals surface area contributed by atoms with Gasteiger partial charge in [-0.1, -0.05) is 48.0 Å². The summed E-state index contributed by atoms with van der Waals surface area (Å²) in [6.07, 6.45) is 4.29. The van der Waals surface area contributed by atoms with Crippen LogP contribution < -0.4 is 16.4 Å². The summed E-state index contributed by atoms with van der Waals surface area (Å²) >= 11 is 1.20. The number of nitrogen functional groups attached to an aromatic ring is 1. The standard InChI is InChI=1S/C35H31F2N7O3S2/c1-20-10-12-25(13-11-20)49(46,47)44-18-27(26-14-22(36)15-28(37)32(26)44)33-41-29(21-6-3-2-4-7-21)17-31(43-33)39-23-8-5-9-24(16-23)40-34(45)30-19-48-35(38)42-30/h2-4,6-7,10-15,17-19,23-24H,5,8-9,16H2,1H3,(H2,38,42)(H,40,45)(H,39,41,43)/t23-,24+/m1/s1. The van der Waals surface area contributed by atoms with Crippen molar-refractivity contribution in [3.8, 4) is 22.6 Å². The highest BCUT2D eigenvalue weighted by Crippen LogP contribution is 2.36. The Labute approximate surface area is 285 Å². The van der Waals surface area contributed by atoms with Crippen molar-refractivity contribution in [3.63, 3.8) is 0 Å². The maximum absolute atomic E-state index is 15.5. The topological polar surface area (TPSA) is 145 Å². The van der Waals surface area contributed by atoms with Crippen LogP contribution in [0.4, 0.5) is 19.7 Å². The summed E-state index contributed by atoms with van der Waals surface area (Å²) in [5.74, 6) is -1.67. The molecule has 0 unspecified atom stereocenters. The van der Waals surface area contributed by atoms with Crippen LogP contribution in [0.15, 0.2) is 89.3 Å². The van der Waals surface area contributed by atoms with E-state index >= 15 is 4.39 Å². The molecule has 250 valence electrons. The van der Waals surface area contributed by atoms with Gasteiger partial charge in [-0.05, 0) is 50.8 Å². The summed E-state index contributed by atoms with van der Waals surface area (Å²) in [4.78, 5) is 26.3. The lowest BCUT2D eigenvalue weighted by molar-refractivity contribution is 0.0922. The zero-order valence-electron chi connectivity index (χ0n) is 26.2. The van der Waals surface area contributed by atoms with Gasteiger partial charge in [-0.25, -0.2) is 36.1 Å². The molecule has 1 saturated carbocycles. The van der Waals surface area contributed by atoms with E-state index in [1.54, 1.807) is 23.6 Å². The van der Waals surface area contributed by atoms with Gasteiger partial charge < -0.3 is 16.4 Å². The molecule has 2 atom stereocenters. The predicted octanol–water partition coefficient (Wildman–Crippen LogP) is 6.78. The molecule has 0 aliphatic heterocycles. The third kappa shape index (κ3) is 6.61. The monoisotopic (exact) mass is 699 g/mol. The van der Waals surface area contributed by atoms with E-state index in [4.69, 9.17) is 15.7 Å². The number of hydrogen-bond acceptors (Lipinski definition) is 9. The molecule has 0 spiro atoms. The van der Waals surface area contributed by atoms with Gasteiger partial charge in [-0.2, -0.15) is 0 Å². The Morgan fingerprint density at radius 3 is 2.47 bits per heavy atom. The molecule has 0 saturated heterocycles. The Morgan fingerprint density at radius 1 is 0.980 bits per heavy atom. The fourth-order valence-electron chi connectivity index (χ4n) is 6.15. The van der Waals surface area contributed by atoms with Gasteiger partial charge in [-0.15, -0.1) is 11.3 Å². The molecule has 1 aliphatic rings. The SMILES string of the molecule is Cc1ccc(S(=O)(=O)n2cc(-c3nc(N[C@@H]4CCC[C@H](NC(=O)c5csc(N)n5)C4)cc(-c4ccccc4)n3)c3cc(F)cc(F)c32)cc1. The lowest BCUT2D eigenvalue weighted by Crippen LogP contribution is -2.42. The molecule has 10 nitrogen and oxygen atoms in total. The molecule has 4 N–H and O–H groups in total. The van der Waals surface area contributed by atoms with Crippen LogP contribution in [0.1, 0.15) is 41.7 Å². The number of hydrogen-bond donors (Lipinski definition) is 3. The number of aromatic nitrogens is 4. The van der Waals surface area contributed by atoms with Gasteiger partial charge in [0.05, 0.1) is 10.6 Å². The van der Waals surface area contributed by atoms with Crippen molar-refractivity contribution >= 4 is 49.1 Å². The second-order valence-electron chi connectivity index (χ2n) is 12.0. The average molecular weight is 700 g/mol. The van der Waals surface area contributed by atoms with E-state index in [0.717, 1.165) is 40.4 Å². The van der Waals surface area contributed by atoms with Gasteiger partial charge in [0, 0.05) is 52.3 Å². The normalized spacial score (nSPS) is 16.5. The lowest BCUT2D eigenvalue weighted by atomic mass is 9.91. The van der Waals surface area contributed by atoms with Gasteiger partial charge in [0.25, 0.3) is 15.9 Å². The first-order chi connectivity index (χ1) is 23.5. The first-order valence-corrected chi connectivity index (χ1v) is 17.9. The number of nitrogens with zero attached hydrogens (tertiary/aromatic N) is 4. The number of halogens is 2. The summed E-state index contributed by atoms with van der Waals surface area (Å²) in [6, 6.07) is 18.8. The second-order valence-corrected chi connectivity index (χ2v) is 14.7. The van der Waals surface area contributed by atoms with Crippen LogP contribution in [0.2, 0.25) is 0 Å². The highest BCUT2D eigenvalue weighted by molar-refractivity contribution is 7.90. The third-order valence-electron chi connectivity index (χ3n) is 8.52. The minimum absolute atomic E-state index is 0.00691. The Kier molecular flexibility index (Phi) is 8.59. The molecule has 3 aromatic heterocycles. The number of amides is 1. The lowest BCUT2D eigenvalue weighted by Gasteiger charge is -2.30. The summed E-state index contributed by atoms with van der Waals surface area (Å²) in [5.41, 5.74) is 7.95. The van der Waals surface area contributed by atoms with Crippen LogP contribution in [0.3, 0.4) is 0 Å². The maximum Gasteiger partial charge on any atom is 0.271 e. The van der Waals surface area contributed by atoms with Crippen LogP contribution in [0.25, 0.3) is 33.5 Å². The number of nitrogens with one attached hydrogen (secondary N) is 2. The van der Waals surface area contributed by atoms with Gasteiger partial charge in [-0.3, -0.25) is 4.79 Å². The highest BCUT2D eigenvalue weighted by Gasteiger charge is 2.28. The number of thiazole rings is 1. The van der Waals surface area contributed by atoms with E-state index in [2.05, 4.69) is 15.6 Å². The molecule has 7 rings (SSSR count). The molecule has 49 heavy (non-hydrogen) atoms. The number of nitrogens with two attached hydrogens (primary N) is 1. The number of anilines is 2. The van der Waals surface area contributed by atoms with Gasteiger partial charge in [0.1, 0.15) is 22.8 Å². The molecule has 6 aromatic rings. The smallest absolute Gasteiger partial charge is 0.271 e. The molecule has 0 radical (unpaired) electrons. The molecule has 3 aromatic carbocycles. The number of fused-ring (bicyclic) bond motifs is 1. The molecule has 14 heteroatoms. The van der Waals surface area contributed by atoms with Gasteiger partial charge in [0.15, 0.2) is 16.8 Å². The van der Waals surface area contributed by atoms with Crippen LogP contribution in [0.5, 0.6) is 0 Å². The highest BCUT2D eigenvalue weighted by atomic mass is 32.2. The van der Waals surface area contributed by atoms with E-state index < -0.39 is 21.7 Å². The van der Waals surface area contributed by atoms with E-state index in [0.29, 0.717) is 29.1 Å². The van der Waals surface area contributed by atoms with Crippen LogP contribution in [-0.2, 0) is 10.0 Å². The van der Waals surface area contributed by atoms with Crippen molar-refractivity contribution in [3.05, 3.63) is 107 Å². The quantitative estimate of drug-likeness (QED) is 0.158. The Bertz CT molecular complexity index is 2290. The van der Waals surface area contributed by atoms with Crippen molar-refractivity contribution in [2.75, 3.05) is 11.1 Å². The summed E-state index contributed by atoms with van der Waals surface area (Å²) in [5, 5.41) is 8.48. The van der Waals surface area contributed by atoms with Crippen LogP contribution in [-0.4, -0.2) is 45.3 Å². The molecule has 3 heterocycles. The Balaban J connectivity index is 1.28. The van der Waals surface area contributed by atoms with Crippen molar-refractivity contribution in [2.45, 2.75) is 49.6 Å². The Morgan fingerprint density at radius 2 is 1.73 bits per heavy atom. The first kappa shape index (κ1) is 32.3. The summed E-state index contributed by atoms with van der Waals surface area (Å²) in [7, 11) is -4.30. The molecular weight excluding hydrogens is 669 g/mol. The average Bonchev–Trinajstić information content (AvgIpc) is 3.70. The van der Waals surface area contributed by atoms with Crippen molar-refractivity contribution in [1.82, 2.24) is 24.2 Å². The first-order valence-electron chi connectivity index (χ1n) is 15.6. The summed E-state index contributed by atoms with van der Waals surface area (Å²) < 4.78 is 58.8. The molecule has 1 aliphatic carbocycles. The summed E-state index contributed by atoms with van der Waals surface area (Å²) in [6.45, 7) is 1.83. The van der Waals surface area contributed by atoms with Crippen LogP contribution in [0, 0.1) is 18.6 Å². The van der Waals surface area contributed by atoms with E-state index in [1.165, 1.54) is 29.7 Å². The fourth-order valence-corrected chi connectivity index (χ4v) is 8.07. The third-order valence-corrected chi connectivity index (χ3v) is 10.9. The predicted molar refractivity (Wildman–Crippen MR) is 186 cm³/mol. The molecule has 1 fully saturated rings. The number of carbonyl (C=O) groups excluding carboxylic acids is 1. The van der Waals surface area contributed by atoms with Crippen molar-refractivity contribution in [2.24, 2.45) is 0 Å². The van der Waals surface area contributed by atoms with Crippen molar-refractivity contribution in [1.29, 1.82) is 0 Å². The second kappa shape index (κ2) is 13.0. The molecule has 1 amide bonds. The van der Waals surface area contributed by atoms with E-state index in [1.807, 2.05) is 37.3 Å². The fraction of sp³-hybridized carbons (Fsp3) is 0.200. The molecule has 0 bridgehead atoms. The molecular formula is C35H31F2N7O3S2. The van der Waals surface area contributed by atoms with Crippen molar-refractivity contribution < 1.29 is 22.0 Å². The number of benzene rings is 3. The van der Waals surface area contributed by atoms with Crippen LogP contribution >= 0.6 is 11.3 Å². The number of rotatable bonds is 8.